The molecule has 2 amide bonds. The van der Waals surface area contributed by atoms with Gasteiger partial charge in [0.25, 0.3) is 11.8 Å². The van der Waals surface area contributed by atoms with Gasteiger partial charge in [-0.1, -0.05) is 100 Å². The van der Waals surface area contributed by atoms with E-state index in [1.807, 2.05) is 34.1 Å². The molecule has 4 aliphatic rings. The third-order valence-corrected chi connectivity index (χ3v) is 12.0. The maximum Gasteiger partial charge on any atom is 0.335 e. The third-order valence-electron chi connectivity index (χ3n) is 12.0. The zero-order valence-corrected chi connectivity index (χ0v) is 31.0. The van der Waals surface area contributed by atoms with Crippen LogP contribution in [0.5, 0.6) is 0 Å². The van der Waals surface area contributed by atoms with E-state index in [4.69, 9.17) is 0 Å². The number of hydrogen-bond acceptors (Lipinski definition) is 4. The SMILES string of the molecule is CC1(C)C(c2ccc(C(=O)O)cc2)=CCC2CN(C(=O)c3cccc(C(=O)N4CC=C5C(C)(C)C(c6ccc(C(=O)O)cc6)=CC[C@]5(C)C4)c3)CC=C21. The first-order valence-electron chi connectivity index (χ1n) is 18.3. The second-order valence-corrected chi connectivity index (χ2v) is 16.2. The molecule has 1 unspecified atom stereocenters. The zero-order chi connectivity index (χ0) is 37.9. The Kier molecular flexibility index (Phi) is 8.92. The number of nitrogens with zero attached hydrogens (tertiary/aromatic N) is 2. The topological polar surface area (TPSA) is 115 Å². The highest BCUT2D eigenvalue weighted by atomic mass is 16.4. The smallest absolute Gasteiger partial charge is 0.335 e. The molecule has 2 aliphatic carbocycles. The molecule has 8 heteroatoms. The van der Waals surface area contributed by atoms with Crippen LogP contribution in [0, 0.1) is 22.2 Å². The summed E-state index contributed by atoms with van der Waals surface area (Å²) >= 11 is 0. The molecule has 2 aliphatic heterocycles. The summed E-state index contributed by atoms with van der Waals surface area (Å²) in [6.07, 6.45) is 10.4. The van der Waals surface area contributed by atoms with Gasteiger partial charge in [0.15, 0.2) is 0 Å². The number of carbonyl (C=O) groups excluding carboxylic acids is 2. The number of aromatic carboxylic acids is 2. The Labute approximate surface area is 310 Å². The van der Waals surface area contributed by atoms with Crippen molar-refractivity contribution in [2.75, 3.05) is 26.2 Å². The van der Waals surface area contributed by atoms with E-state index in [0.29, 0.717) is 37.3 Å². The quantitative estimate of drug-likeness (QED) is 0.248. The van der Waals surface area contributed by atoms with Gasteiger partial charge in [0, 0.05) is 59.5 Å². The minimum absolute atomic E-state index is 0.0948. The Morgan fingerprint density at radius 2 is 1.15 bits per heavy atom. The molecule has 0 saturated carbocycles. The maximum absolute atomic E-state index is 14.0. The molecule has 0 saturated heterocycles. The van der Waals surface area contributed by atoms with Crippen molar-refractivity contribution >= 4 is 34.9 Å². The predicted molar refractivity (Wildman–Crippen MR) is 206 cm³/mol. The molecule has 2 heterocycles. The molecule has 8 nitrogen and oxygen atoms in total. The van der Waals surface area contributed by atoms with Crippen molar-refractivity contribution in [1.29, 1.82) is 0 Å². The van der Waals surface area contributed by atoms with Crippen LogP contribution in [0.4, 0.5) is 0 Å². The molecular weight excluding hydrogens is 665 g/mol. The average Bonchev–Trinajstić information content (AvgIpc) is 3.13. The van der Waals surface area contributed by atoms with Crippen molar-refractivity contribution in [2.45, 2.75) is 47.5 Å². The summed E-state index contributed by atoms with van der Waals surface area (Å²) in [6, 6.07) is 21.2. The van der Waals surface area contributed by atoms with Crippen LogP contribution in [-0.4, -0.2) is 69.9 Å². The highest BCUT2D eigenvalue weighted by Crippen LogP contribution is 2.55. The van der Waals surface area contributed by atoms with E-state index in [1.165, 1.54) is 11.1 Å². The van der Waals surface area contributed by atoms with Crippen LogP contribution in [0.2, 0.25) is 0 Å². The lowest BCUT2D eigenvalue weighted by molar-refractivity contribution is 0.0677. The number of benzene rings is 3. The summed E-state index contributed by atoms with van der Waals surface area (Å²) in [5, 5.41) is 18.7. The van der Waals surface area contributed by atoms with E-state index in [9.17, 15) is 29.4 Å². The molecule has 53 heavy (non-hydrogen) atoms. The van der Waals surface area contributed by atoms with Crippen LogP contribution in [0.15, 0.2) is 108 Å². The molecule has 0 radical (unpaired) electrons. The second-order valence-electron chi connectivity index (χ2n) is 16.2. The molecule has 3 aromatic carbocycles. The Morgan fingerprint density at radius 3 is 1.72 bits per heavy atom. The minimum atomic E-state index is -0.945. The Hall–Kier alpha value is -5.50. The van der Waals surface area contributed by atoms with E-state index < -0.39 is 11.9 Å². The number of carboxylic acids is 2. The summed E-state index contributed by atoms with van der Waals surface area (Å²) in [7, 11) is 0. The summed E-state index contributed by atoms with van der Waals surface area (Å²) in [6.45, 7) is 13.1. The van der Waals surface area contributed by atoms with Gasteiger partial charge in [0.05, 0.1) is 11.1 Å². The molecule has 0 aromatic heterocycles. The van der Waals surface area contributed by atoms with Gasteiger partial charge in [-0.05, 0) is 77.6 Å². The van der Waals surface area contributed by atoms with Gasteiger partial charge >= 0.3 is 11.9 Å². The maximum atomic E-state index is 14.0. The fourth-order valence-corrected chi connectivity index (χ4v) is 9.40. The van der Waals surface area contributed by atoms with Gasteiger partial charge < -0.3 is 20.0 Å². The molecule has 0 bridgehead atoms. The number of amides is 2. The largest absolute Gasteiger partial charge is 0.478 e. The van der Waals surface area contributed by atoms with Gasteiger partial charge in [-0.25, -0.2) is 9.59 Å². The normalized spacial score (nSPS) is 23.0. The summed E-state index contributed by atoms with van der Waals surface area (Å²) in [5.41, 5.74) is 7.57. The molecule has 3 aromatic rings. The first kappa shape index (κ1) is 35.9. The van der Waals surface area contributed by atoms with Crippen LogP contribution in [0.1, 0.15) is 100 Å². The average molecular weight is 711 g/mol. The molecule has 0 fully saturated rings. The highest BCUT2D eigenvalue weighted by molar-refractivity contribution is 6.00. The zero-order valence-electron chi connectivity index (χ0n) is 31.0. The van der Waals surface area contributed by atoms with E-state index in [1.54, 1.807) is 48.5 Å². The third kappa shape index (κ3) is 6.34. The lowest BCUT2D eigenvalue weighted by Gasteiger charge is -2.50. The van der Waals surface area contributed by atoms with Crippen molar-refractivity contribution in [2.24, 2.45) is 22.2 Å². The molecule has 272 valence electrons. The predicted octanol–water partition coefficient (Wildman–Crippen LogP) is 8.50. The van der Waals surface area contributed by atoms with Crippen molar-refractivity contribution in [3.63, 3.8) is 0 Å². The summed E-state index contributed by atoms with van der Waals surface area (Å²) < 4.78 is 0. The van der Waals surface area contributed by atoms with Gasteiger partial charge in [0.1, 0.15) is 0 Å². The van der Waals surface area contributed by atoms with Gasteiger partial charge in [-0.3, -0.25) is 9.59 Å². The van der Waals surface area contributed by atoms with Crippen LogP contribution in [0.25, 0.3) is 11.1 Å². The second kappa shape index (κ2) is 13.2. The molecule has 0 spiro atoms. The Morgan fingerprint density at radius 1 is 0.623 bits per heavy atom. The standard InChI is InChI=1S/C45H46N2O6/c1-43(2)35(28-9-13-30(14-10-28)41(50)51)18-17-34-26-46(23-20-37(34)43)39(48)32-7-6-8-33(25-32)40(49)47-24-21-38-44(3,4)36(19-22-45(38,5)27-47)29-11-15-31(16-12-29)42(52)53/h6-16,18-21,25,34H,17,22-24,26-27H2,1-5H3,(H,50,51)(H,52,53)/t34?,45-/m1/s1. The fourth-order valence-electron chi connectivity index (χ4n) is 9.40. The number of rotatable bonds is 6. The van der Waals surface area contributed by atoms with Crippen LogP contribution in [-0.2, 0) is 0 Å². The van der Waals surface area contributed by atoms with Crippen LogP contribution < -0.4 is 0 Å². The van der Waals surface area contributed by atoms with Gasteiger partial charge in [0.2, 0.25) is 0 Å². The summed E-state index contributed by atoms with van der Waals surface area (Å²) in [4.78, 5) is 54.5. The molecule has 2 N–H and O–H groups in total. The lowest BCUT2D eigenvalue weighted by Crippen LogP contribution is -2.48. The fraction of sp³-hybridized carbons (Fsp3) is 0.333. The number of allylic oxidation sites excluding steroid dienone is 4. The van der Waals surface area contributed by atoms with Crippen molar-refractivity contribution < 1.29 is 29.4 Å². The number of carboxylic acid groups (broad SMARTS) is 2. The van der Waals surface area contributed by atoms with E-state index in [-0.39, 0.29) is 45.1 Å². The van der Waals surface area contributed by atoms with E-state index in [2.05, 4.69) is 58.9 Å². The summed E-state index contributed by atoms with van der Waals surface area (Å²) in [5.74, 6) is -1.91. The Bertz CT molecular complexity index is 2150. The number of carbonyl (C=O) groups is 4. The van der Waals surface area contributed by atoms with E-state index in [0.717, 1.165) is 35.1 Å². The lowest BCUT2D eigenvalue weighted by atomic mass is 9.58. The monoisotopic (exact) mass is 710 g/mol. The molecule has 7 rings (SSSR count). The van der Waals surface area contributed by atoms with Gasteiger partial charge in [-0.15, -0.1) is 0 Å². The first-order chi connectivity index (χ1) is 25.1. The first-order valence-corrected chi connectivity index (χ1v) is 18.3. The Balaban J connectivity index is 1.04. The van der Waals surface area contributed by atoms with Gasteiger partial charge in [-0.2, -0.15) is 0 Å². The number of hydrogen-bond donors (Lipinski definition) is 2. The minimum Gasteiger partial charge on any atom is -0.478 e. The van der Waals surface area contributed by atoms with Crippen molar-refractivity contribution in [3.05, 3.63) is 142 Å². The van der Waals surface area contributed by atoms with Crippen LogP contribution >= 0.6 is 0 Å². The van der Waals surface area contributed by atoms with Crippen LogP contribution in [0.3, 0.4) is 0 Å². The van der Waals surface area contributed by atoms with Crippen molar-refractivity contribution in [3.8, 4) is 0 Å². The van der Waals surface area contributed by atoms with E-state index >= 15 is 0 Å². The molecular formula is C45H46N2O6. The van der Waals surface area contributed by atoms with Crippen molar-refractivity contribution in [1.82, 2.24) is 9.80 Å². The molecule has 2 atom stereocenters. The number of fused-ring (bicyclic) bond motifs is 2. The highest BCUT2D eigenvalue weighted by Gasteiger charge is 2.46.